The molecule has 0 N–H and O–H groups in total. The molecule has 4 nitrogen and oxygen atoms in total. The Hall–Kier alpha value is 0.180. The van der Waals surface area contributed by atoms with Crippen LogP contribution >= 0.6 is 33.3 Å². The topological polar surface area (TPSA) is 52.0 Å². The summed E-state index contributed by atoms with van der Waals surface area (Å²) in [6.07, 6.45) is 0. The van der Waals surface area contributed by atoms with Crippen LogP contribution in [0.4, 0.5) is 0 Å². The van der Waals surface area contributed by atoms with Crippen molar-refractivity contribution in [3.63, 3.8) is 0 Å². The standard InChI is InChI=1S/C5H6ClIN2O2S/c1-3-4(7)5(8-9(3)2)12(6,10)11/h1-2H3. The lowest BCUT2D eigenvalue weighted by molar-refractivity contribution is 0.601. The van der Waals surface area contributed by atoms with Gasteiger partial charge in [-0.1, -0.05) is 0 Å². The van der Waals surface area contributed by atoms with E-state index >= 15 is 0 Å². The molecule has 0 unspecified atom stereocenters. The van der Waals surface area contributed by atoms with Crippen molar-refractivity contribution in [2.45, 2.75) is 11.9 Å². The first-order valence-electron chi connectivity index (χ1n) is 2.98. The Morgan fingerprint density at radius 1 is 1.58 bits per heavy atom. The van der Waals surface area contributed by atoms with Crippen LogP contribution in [0, 0.1) is 10.5 Å². The van der Waals surface area contributed by atoms with E-state index in [1.165, 1.54) is 4.68 Å². The van der Waals surface area contributed by atoms with Gasteiger partial charge in [0.15, 0.2) is 0 Å². The molecule has 68 valence electrons. The monoisotopic (exact) mass is 320 g/mol. The molecule has 1 aromatic heterocycles. The number of nitrogens with zero attached hydrogens (tertiary/aromatic N) is 2. The van der Waals surface area contributed by atoms with Crippen molar-refractivity contribution in [3.8, 4) is 0 Å². The molecule has 1 aromatic rings. The van der Waals surface area contributed by atoms with Crippen LogP contribution in [0.15, 0.2) is 5.03 Å². The Balaban J connectivity index is 3.48. The molecule has 1 heterocycles. The highest BCUT2D eigenvalue weighted by Gasteiger charge is 2.21. The summed E-state index contributed by atoms with van der Waals surface area (Å²) in [6.45, 7) is 1.78. The number of hydrogen-bond acceptors (Lipinski definition) is 3. The van der Waals surface area contributed by atoms with Crippen molar-refractivity contribution in [1.82, 2.24) is 9.78 Å². The first-order valence-corrected chi connectivity index (χ1v) is 6.36. The van der Waals surface area contributed by atoms with E-state index in [0.717, 1.165) is 5.69 Å². The van der Waals surface area contributed by atoms with E-state index in [-0.39, 0.29) is 5.03 Å². The predicted molar refractivity (Wildman–Crippen MR) is 53.7 cm³/mol. The van der Waals surface area contributed by atoms with Gasteiger partial charge in [0.1, 0.15) is 0 Å². The molecule has 0 spiro atoms. The minimum absolute atomic E-state index is 0.0650. The summed E-state index contributed by atoms with van der Waals surface area (Å²) in [5.74, 6) is 0. The fraction of sp³-hybridized carbons (Fsp3) is 0.400. The molecule has 0 aliphatic heterocycles. The maximum absolute atomic E-state index is 10.9. The molecule has 12 heavy (non-hydrogen) atoms. The molecule has 0 radical (unpaired) electrons. The van der Waals surface area contributed by atoms with E-state index in [1.807, 2.05) is 22.6 Å². The van der Waals surface area contributed by atoms with Gasteiger partial charge in [0.05, 0.1) is 3.57 Å². The summed E-state index contributed by atoms with van der Waals surface area (Å²) >= 11 is 1.90. The third-order valence-corrected chi connectivity index (χ3v) is 4.31. The van der Waals surface area contributed by atoms with E-state index < -0.39 is 9.05 Å². The number of aromatic nitrogens is 2. The zero-order valence-corrected chi connectivity index (χ0v) is 10.1. The second-order valence-electron chi connectivity index (χ2n) is 2.27. The van der Waals surface area contributed by atoms with Crippen molar-refractivity contribution >= 4 is 42.3 Å². The van der Waals surface area contributed by atoms with Crippen molar-refractivity contribution < 1.29 is 8.42 Å². The van der Waals surface area contributed by atoms with E-state index in [9.17, 15) is 8.42 Å². The molecule has 0 atom stereocenters. The van der Waals surface area contributed by atoms with Crippen LogP contribution in [0.2, 0.25) is 0 Å². The normalized spacial score (nSPS) is 12.0. The van der Waals surface area contributed by atoms with Crippen LogP contribution in [0.3, 0.4) is 0 Å². The molecular weight excluding hydrogens is 314 g/mol. The second kappa shape index (κ2) is 3.15. The van der Waals surface area contributed by atoms with Crippen LogP contribution in [-0.2, 0) is 16.1 Å². The zero-order valence-electron chi connectivity index (χ0n) is 6.38. The predicted octanol–water partition coefficient (Wildman–Crippen LogP) is 1.26. The Morgan fingerprint density at radius 2 is 2.08 bits per heavy atom. The summed E-state index contributed by atoms with van der Waals surface area (Å²) in [7, 11) is 3.11. The summed E-state index contributed by atoms with van der Waals surface area (Å²) in [5.41, 5.74) is 0.787. The lowest BCUT2D eigenvalue weighted by Crippen LogP contribution is -1.96. The summed E-state index contributed by atoms with van der Waals surface area (Å²) in [4.78, 5) is 0. The molecular formula is C5H6ClIN2O2S. The van der Waals surface area contributed by atoms with E-state index in [1.54, 1.807) is 14.0 Å². The quantitative estimate of drug-likeness (QED) is 0.578. The highest BCUT2D eigenvalue weighted by Crippen LogP contribution is 2.22. The minimum atomic E-state index is -3.70. The minimum Gasteiger partial charge on any atom is -0.270 e. The molecule has 0 fully saturated rings. The molecule has 0 aliphatic carbocycles. The van der Waals surface area contributed by atoms with Gasteiger partial charge in [-0.25, -0.2) is 8.42 Å². The van der Waals surface area contributed by atoms with E-state index in [2.05, 4.69) is 5.10 Å². The average molecular weight is 321 g/mol. The van der Waals surface area contributed by atoms with Crippen LogP contribution < -0.4 is 0 Å². The van der Waals surface area contributed by atoms with Crippen molar-refractivity contribution in [2.75, 3.05) is 0 Å². The van der Waals surface area contributed by atoms with Crippen molar-refractivity contribution in [3.05, 3.63) is 9.26 Å². The number of halogens is 2. The maximum atomic E-state index is 10.9. The van der Waals surface area contributed by atoms with Gasteiger partial charge in [0.2, 0.25) is 5.03 Å². The zero-order chi connectivity index (χ0) is 9.52. The van der Waals surface area contributed by atoms with Gasteiger partial charge in [-0.3, -0.25) is 4.68 Å². The molecule has 0 amide bonds. The first kappa shape index (κ1) is 10.3. The average Bonchev–Trinajstić information content (AvgIpc) is 2.15. The smallest absolute Gasteiger partial charge is 0.270 e. The van der Waals surface area contributed by atoms with Crippen LogP contribution in [-0.4, -0.2) is 18.2 Å². The lowest BCUT2D eigenvalue weighted by Gasteiger charge is -1.89. The molecule has 7 heteroatoms. The van der Waals surface area contributed by atoms with Gasteiger partial charge in [0.25, 0.3) is 9.05 Å². The highest BCUT2D eigenvalue weighted by atomic mass is 127. The number of rotatable bonds is 1. The molecule has 0 aromatic carbocycles. The molecule has 1 rings (SSSR count). The molecule has 0 saturated carbocycles. The second-order valence-corrected chi connectivity index (χ2v) is 5.83. The van der Waals surface area contributed by atoms with Gasteiger partial charge in [-0.15, -0.1) is 0 Å². The van der Waals surface area contributed by atoms with Gasteiger partial charge >= 0.3 is 0 Å². The van der Waals surface area contributed by atoms with Crippen molar-refractivity contribution in [2.24, 2.45) is 7.05 Å². The Morgan fingerprint density at radius 3 is 2.25 bits per heavy atom. The van der Waals surface area contributed by atoms with Crippen LogP contribution in [0.5, 0.6) is 0 Å². The molecule has 0 aliphatic rings. The summed E-state index contributed by atoms with van der Waals surface area (Å²) in [5, 5.41) is 3.71. The largest absolute Gasteiger partial charge is 0.281 e. The highest BCUT2D eigenvalue weighted by molar-refractivity contribution is 14.1. The number of hydrogen-bond donors (Lipinski definition) is 0. The SMILES string of the molecule is Cc1c(I)c(S(=O)(=O)Cl)nn1C. The van der Waals surface area contributed by atoms with Gasteiger partial charge in [0, 0.05) is 23.4 Å². The Labute approximate surface area is 88.5 Å². The molecule has 0 bridgehead atoms. The fourth-order valence-electron chi connectivity index (χ4n) is 0.708. The van der Waals surface area contributed by atoms with E-state index in [4.69, 9.17) is 10.7 Å². The van der Waals surface area contributed by atoms with Gasteiger partial charge < -0.3 is 0 Å². The fourth-order valence-corrected chi connectivity index (χ4v) is 3.33. The Kier molecular flexibility index (Phi) is 2.69. The van der Waals surface area contributed by atoms with Crippen LogP contribution in [0.1, 0.15) is 5.69 Å². The first-order chi connectivity index (χ1) is 5.34. The Bertz CT molecular complexity index is 411. The maximum Gasteiger partial charge on any atom is 0.281 e. The summed E-state index contributed by atoms with van der Waals surface area (Å²) < 4.78 is 23.9. The molecule has 0 saturated heterocycles. The van der Waals surface area contributed by atoms with Gasteiger partial charge in [-0.05, 0) is 29.5 Å². The third kappa shape index (κ3) is 1.74. The number of aryl methyl sites for hydroxylation is 1. The van der Waals surface area contributed by atoms with Crippen LogP contribution in [0.25, 0.3) is 0 Å². The van der Waals surface area contributed by atoms with Crippen molar-refractivity contribution in [1.29, 1.82) is 0 Å². The van der Waals surface area contributed by atoms with E-state index in [0.29, 0.717) is 3.57 Å². The lowest BCUT2D eigenvalue weighted by atomic mass is 10.5. The third-order valence-electron chi connectivity index (χ3n) is 1.46. The van der Waals surface area contributed by atoms with Gasteiger partial charge in [-0.2, -0.15) is 5.10 Å². The summed E-state index contributed by atoms with van der Waals surface area (Å²) in [6, 6.07) is 0.